The Morgan fingerprint density at radius 1 is 1.14 bits per heavy atom. The second kappa shape index (κ2) is 7.09. The number of H-pyrrole nitrogens is 1. The van der Waals surface area contributed by atoms with E-state index in [1.165, 1.54) is 0 Å². The summed E-state index contributed by atoms with van der Waals surface area (Å²) in [4.78, 5) is 22.7. The number of hydrogen-bond acceptors (Lipinski definition) is 5. The Morgan fingerprint density at radius 3 is 2.83 bits per heavy atom. The fourth-order valence-electron chi connectivity index (χ4n) is 4.02. The molecule has 0 spiro atoms. The molecule has 2 aromatic heterocycles. The third-order valence-corrected chi connectivity index (χ3v) is 5.43. The Balaban J connectivity index is 1.60. The monoisotopic (exact) mass is 387 g/mol. The first-order valence-electron chi connectivity index (χ1n) is 9.68. The lowest BCUT2D eigenvalue weighted by Gasteiger charge is -2.25. The van der Waals surface area contributed by atoms with Gasteiger partial charge in [0, 0.05) is 6.54 Å². The minimum absolute atomic E-state index is 0.138. The molecule has 3 heterocycles. The van der Waals surface area contributed by atoms with Crippen LogP contribution in [-0.2, 0) is 0 Å². The third kappa shape index (κ3) is 3.04. The second-order valence-electron chi connectivity index (χ2n) is 7.15. The van der Waals surface area contributed by atoms with Crippen molar-refractivity contribution >= 4 is 17.0 Å². The minimum atomic E-state index is -0.177. The predicted molar refractivity (Wildman–Crippen MR) is 112 cm³/mol. The Morgan fingerprint density at radius 2 is 2.00 bits per heavy atom. The van der Waals surface area contributed by atoms with Crippen molar-refractivity contribution in [1.29, 1.82) is 0 Å². The number of nitrogens with one attached hydrogen (secondary N) is 1. The van der Waals surface area contributed by atoms with Crippen molar-refractivity contribution in [2.24, 2.45) is 0 Å². The summed E-state index contributed by atoms with van der Waals surface area (Å²) in [6.45, 7) is 0.829. The molecule has 0 saturated carbocycles. The van der Waals surface area contributed by atoms with E-state index in [4.69, 9.17) is 9.72 Å². The molecule has 0 radical (unpaired) electrons. The Kier molecular flexibility index (Phi) is 4.27. The van der Waals surface area contributed by atoms with Crippen LogP contribution >= 0.6 is 0 Å². The lowest BCUT2D eigenvalue weighted by atomic mass is 10.0. The Bertz CT molecular complexity index is 1210. The maximum atomic E-state index is 12.7. The first-order chi connectivity index (χ1) is 14.2. The molecule has 1 saturated heterocycles. The van der Waals surface area contributed by atoms with Crippen LogP contribution in [0, 0.1) is 0 Å². The van der Waals surface area contributed by atoms with Gasteiger partial charge in [0.15, 0.2) is 5.65 Å². The van der Waals surface area contributed by atoms with E-state index in [2.05, 4.69) is 21.0 Å². The number of aromatic nitrogens is 4. The Hall–Kier alpha value is -3.61. The summed E-state index contributed by atoms with van der Waals surface area (Å²) in [6, 6.07) is 17.9. The molecule has 1 aliphatic rings. The highest BCUT2D eigenvalue weighted by Crippen LogP contribution is 2.35. The van der Waals surface area contributed by atoms with Crippen LogP contribution < -0.4 is 15.2 Å². The van der Waals surface area contributed by atoms with Gasteiger partial charge >= 0.3 is 0 Å². The second-order valence-corrected chi connectivity index (χ2v) is 7.15. The minimum Gasteiger partial charge on any atom is -0.497 e. The number of benzene rings is 2. The Labute approximate surface area is 167 Å². The van der Waals surface area contributed by atoms with Gasteiger partial charge in [-0.05, 0) is 42.7 Å². The number of ether oxygens (including phenoxy) is 1. The lowest BCUT2D eigenvalue weighted by Crippen LogP contribution is -2.27. The van der Waals surface area contributed by atoms with Crippen molar-refractivity contribution in [2.75, 3.05) is 18.6 Å². The molecule has 7 nitrogen and oxygen atoms in total. The van der Waals surface area contributed by atoms with Gasteiger partial charge < -0.3 is 9.64 Å². The number of nitrogens with zero attached hydrogens (tertiary/aromatic N) is 4. The number of rotatable bonds is 4. The van der Waals surface area contributed by atoms with Gasteiger partial charge in [0.25, 0.3) is 5.56 Å². The SMILES string of the molecule is COc1cccc(C2CCCN2c2nc3c(cnn3-c3ccccc3)c(=O)[nH]2)c1. The molecular weight excluding hydrogens is 366 g/mol. The molecule has 0 aliphatic carbocycles. The number of anilines is 1. The fraction of sp³-hybridized carbons (Fsp3) is 0.227. The number of aromatic amines is 1. The predicted octanol–water partition coefficient (Wildman–Crippen LogP) is 3.46. The van der Waals surface area contributed by atoms with Crippen molar-refractivity contribution in [3.05, 3.63) is 76.7 Å². The lowest BCUT2D eigenvalue weighted by molar-refractivity contribution is 0.414. The van der Waals surface area contributed by atoms with E-state index >= 15 is 0 Å². The van der Waals surface area contributed by atoms with Gasteiger partial charge in [-0.2, -0.15) is 10.1 Å². The van der Waals surface area contributed by atoms with Crippen LogP contribution in [0.2, 0.25) is 0 Å². The highest BCUT2D eigenvalue weighted by Gasteiger charge is 2.29. The normalized spacial score (nSPS) is 16.4. The molecule has 0 bridgehead atoms. The van der Waals surface area contributed by atoms with Gasteiger partial charge in [-0.15, -0.1) is 0 Å². The molecular formula is C22H21N5O2. The van der Waals surface area contributed by atoms with Crippen LogP contribution in [0.15, 0.2) is 65.6 Å². The van der Waals surface area contributed by atoms with Crippen molar-refractivity contribution in [2.45, 2.75) is 18.9 Å². The van der Waals surface area contributed by atoms with Crippen LogP contribution in [-0.4, -0.2) is 33.4 Å². The molecule has 1 atom stereocenters. The molecule has 4 aromatic rings. The third-order valence-electron chi connectivity index (χ3n) is 5.43. The highest BCUT2D eigenvalue weighted by atomic mass is 16.5. The zero-order valence-electron chi connectivity index (χ0n) is 16.1. The van der Waals surface area contributed by atoms with E-state index < -0.39 is 0 Å². The van der Waals surface area contributed by atoms with Gasteiger partial charge in [-0.1, -0.05) is 30.3 Å². The van der Waals surface area contributed by atoms with Gasteiger partial charge in [0.05, 0.1) is 25.0 Å². The fourth-order valence-corrected chi connectivity index (χ4v) is 4.02. The standard InChI is InChI=1S/C22H21N5O2/c1-29-17-10-5-7-15(13-17)19-11-6-12-26(19)22-24-20-18(21(28)25-22)14-23-27(20)16-8-3-2-4-9-16/h2-5,7-10,13-14,19H,6,11-12H2,1H3,(H,24,25,28). The summed E-state index contributed by atoms with van der Waals surface area (Å²) >= 11 is 0. The first kappa shape index (κ1) is 17.5. The van der Waals surface area contributed by atoms with E-state index in [9.17, 15) is 4.79 Å². The van der Waals surface area contributed by atoms with Gasteiger partial charge in [0.2, 0.25) is 5.95 Å². The molecule has 2 aromatic carbocycles. The van der Waals surface area contributed by atoms with E-state index in [1.54, 1.807) is 18.0 Å². The highest BCUT2D eigenvalue weighted by molar-refractivity contribution is 5.76. The molecule has 1 N–H and O–H groups in total. The number of methoxy groups -OCH3 is 1. The van der Waals surface area contributed by atoms with Crippen molar-refractivity contribution in [1.82, 2.24) is 19.7 Å². The zero-order valence-corrected chi connectivity index (χ0v) is 16.1. The van der Waals surface area contributed by atoms with Crippen molar-refractivity contribution in [3.8, 4) is 11.4 Å². The summed E-state index contributed by atoms with van der Waals surface area (Å²) in [7, 11) is 1.67. The number of hydrogen-bond donors (Lipinski definition) is 1. The molecule has 1 fully saturated rings. The summed E-state index contributed by atoms with van der Waals surface area (Å²) in [6.07, 6.45) is 3.59. The molecule has 1 unspecified atom stereocenters. The van der Waals surface area contributed by atoms with Crippen LogP contribution in [0.3, 0.4) is 0 Å². The van der Waals surface area contributed by atoms with Crippen molar-refractivity contribution < 1.29 is 4.74 Å². The zero-order chi connectivity index (χ0) is 19.8. The van der Waals surface area contributed by atoms with Crippen LogP contribution in [0.25, 0.3) is 16.7 Å². The molecule has 1 aliphatic heterocycles. The van der Waals surface area contributed by atoms with Crippen LogP contribution in [0.4, 0.5) is 5.95 Å². The topological polar surface area (TPSA) is 76.0 Å². The summed E-state index contributed by atoms with van der Waals surface area (Å²) in [5.74, 6) is 1.40. The molecule has 146 valence electrons. The smallest absolute Gasteiger partial charge is 0.263 e. The quantitative estimate of drug-likeness (QED) is 0.580. The average molecular weight is 387 g/mol. The van der Waals surface area contributed by atoms with E-state index in [-0.39, 0.29) is 11.6 Å². The van der Waals surface area contributed by atoms with E-state index in [0.29, 0.717) is 17.0 Å². The van der Waals surface area contributed by atoms with Crippen LogP contribution in [0.5, 0.6) is 5.75 Å². The molecule has 29 heavy (non-hydrogen) atoms. The van der Waals surface area contributed by atoms with Gasteiger partial charge in [-0.3, -0.25) is 9.78 Å². The summed E-state index contributed by atoms with van der Waals surface area (Å²) < 4.78 is 7.10. The number of fused-ring (bicyclic) bond motifs is 1. The average Bonchev–Trinajstić information content (AvgIpc) is 3.42. The summed E-state index contributed by atoms with van der Waals surface area (Å²) in [5.41, 5.74) is 2.41. The largest absolute Gasteiger partial charge is 0.497 e. The maximum absolute atomic E-state index is 12.7. The molecule has 7 heteroatoms. The van der Waals surface area contributed by atoms with Gasteiger partial charge in [0.1, 0.15) is 11.1 Å². The first-order valence-corrected chi connectivity index (χ1v) is 9.68. The maximum Gasteiger partial charge on any atom is 0.263 e. The van der Waals surface area contributed by atoms with Crippen molar-refractivity contribution in [3.63, 3.8) is 0 Å². The van der Waals surface area contributed by atoms with Gasteiger partial charge in [-0.25, -0.2) is 4.68 Å². The van der Waals surface area contributed by atoms with Crippen LogP contribution in [0.1, 0.15) is 24.4 Å². The number of para-hydroxylation sites is 1. The molecule has 0 amide bonds. The van der Waals surface area contributed by atoms with E-state index in [1.807, 2.05) is 48.5 Å². The molecule has 5 rings (SSSR count). The van der Waals surface area contributed by atoms with E-state index in [0.717, 1.165) is 36.4 Å². The summed E-state index contributed by atoms with van der Waals surface area (Å²) in [5, 5.41) is 4.87.